The molecular weight excluding hydrogens is 663 g/mol. The number of carbonyl (C=O) groups is 1. The minimum atomic E-state index is 0.152. The van der Waals surface area contributed by atoms with Crippen LogP contribution in [0.3, 0.4) is 0 Å². The van der Waals surface area contributed by atoms with E-state index in [0.29, 0.717) is 53.1 Å². The van der Waals surface area contributed by atoms with Crippen molar-refractivity contribution in [1.29, 1.82) is 10.5 Å². The summed E-state index contributed by atoms with van der Waals surface area (Å²) in [4.78, 5) is 25.7. The molecule has 0 bridgehead atoms. The highest BCUT2D eigenvalue weighted by molar-refractivity contribution is 5.77. The van der Waals surface area contributed by atoms with E-state index in [-0.39, 0.29) is 23.8 Å². The molecule has 2 aromatic carbocycles. The molecule has 54 heavy (non-hydrogen) atoms. The number of nitrogens with zero attached hydrogens (tertiary/aromatic N) is 5. The second-order valence-electron chi connectivity index (χ2n) is 15.8. The van der Waals surface area contributed by atoms with Crippen molar-refractivity contribution in [3.8, 4) is 34.4 Å². The highest BCUT2D eigenvalue weighted by Crippen LogP contribution is 2.44. The Bertz CT molecular complexity index is 2050. The van der Waals surface area contributed by atoms with Gasteiger partial charge in [0.25, 0.3) is 0 Å². The molecule has 2 unspecified atom stereocenters. The molecular formula is C48H52N5O. The predicted octanol–water partition coefficient (Wildman–Crippen LogP) is 10.5. The normalized spacial score (nSPS) is 27.0. The summed E-state index contributed by atoms with van der Waals surface area (Å²) in [5.74, 6) is 3.12. The molecule has 0 spiro atoms. The summed E-state index contributed by atoms with van der Waals surface area (Å²) in [6.45, 7) is 11.6. The van der Waals surface area contributed by atoms with Gasteiger partial charge in [0.1, 0.15) is 0 Å². The van der Waals surface area contributed by atoms with Gasteiger partial charge in [-0.3, -0.25) is 14.8 Å². The number of rotatable bonds is 9. The molecule has 2 aromatic heterocycles. The molecule has 0 saturated heterocycles. The molecule has 2 aliphatic rings. The summed E-state index contributed by atoms with van der Waals surface area (Å²) in [5.41, 5.74) is 6.66. The van der Waals surface area contributed by atoms with Crippen molar-refractivity contribution in [2.75, 3.05) is 7.05 Å². The van der Waals surface area contributed by atoms with E-state index >= 15 is 0 Å². The molecule has 9 atom stereocenters. The maximum absolute atomic E-state index is 14.2. The minimum absolute atomic E-state index is 0.152. The number of carbonyl (C=O) groups excluding carboxylic acids is 1. The summed E-state index contributed by atoms with van der Waals surface area (Å²) in [6, 6.07) is 28.0. The van der Waals surface area contributed by atoms with Gasteiger partial charge in [0.15, 0.2) is 0 Å². The van der Waals surface area contributed by atoms with E-state index in [1.807, 2.05) is 92.2 Å². The average molecular weight is 715 g/mol. The largest absolute Gasteiger partial charge is 0.342 e. The van der Waals surface area contributed by atoms with Crippen LogP contribution in [0.1, 0.15) is 76.4 Å². The lowest BCUT2D eigenvalue weighted by Gasteiger charge is -2.47. The van der Waals surface area contributed by atoms with E-state index < -0.39 is 0 Å². The number of benzene rings is 2. The molecule has 1 radical (unpaired) electrons. The van der Waals surface area contributed by atoms with Crippen molar-refractivity contribution in [3.05, 3.63) is 126 Å². The van der Waals surface area contributed by atoms with Crippen LogP contribution in [0, 0.1) is 76.4 Å². The van der Waals surface area contributed by atoms with Crippen molar-refractivity contribution in [2.45, 2.75) is 59.9 Å². The smallest absolute Gasteiger partial charge is 0.222 e. The van der Waals surface area contributed by atoms with Gasteiger partial charge < -0.3 is 4.90 Å². The van der Waals surface area contributed by atoms with E-state index in [0.717, 1.165) is 46.5 Å². The number of nitriles is 2. The minimum Gasteiger partial charge on any atom is -0.342 e. The Morgan fingerprint density at radius 3 is 1.76 bits per heavy atom. The zero-order valence-corrected chi connectivity index (χ0v) is 32.4. The van der Waals surface area contributed by atoms with Crippen LogP contribution in [0.15, 0.2) is 97.3 Å². The van der Waals surface area contributed by atoms with Gasteiger partial charge in [-0.2, -0.15) is 10.5 Å². The van der Waals surface area contributed by atoms with E-state index in [1.54, 1.807) is 0 Å². The van der Waals surface area contributed by atoms with Gasteiger partial charge >= 0.3 is 0 Å². The molecule has 2 fully saturated rings. The first-order valence-electron chi connectivity index (χ1n) is 19.5. The molecule has 0 aliphatic heterocycles. The SMILES string of the molecule is CC1C(N(C)C(=O)C[C@H]2[CH]C[C@H](C)[C@@H](C)[C@@H]2/C=C/c2ccc(-c3ccccc3C#N)cn2)C[C@H](C)[C@@H](C)[C@@H]1/C=C/c1ccc(-c2ccccc2C#N)cn1. The Labute approximate surface area is 322 Å². The Morgan fingerprint density at radius 1 is 0.722 bits per heavy atom. The van der Waals surface area contributed by atoms with Gasteiger partial charge in [0.05, 0.1) is 34.7 Å². The van der Waals surface area contributed by atoms with Crippen molar-refractivity contribution in [1.82, 2.24) is 14.9 Å². The first-order chi connectivity index (χ1) is 26.1. The first kappa shape index (κ1) is 38.4. The zero-order chi connectivity index (χ0) is 38.4. The third-order valence-electron chi connectivity index (χ3n) is 12.7. The van der Waals surface area contributed by atoms with Gasteiger partial charge in [0.2, 0.25) is 5.91 Å². The summed E-state index contributed by atoms with van der Waals surface area (Å²) >= 11 is 0. The van der Waals surface area contributed by atoms with Gasteiger partial charge in [0, 0.05) is 54.2 Å². The Hall–Kier alpha value is -5.33. The fourth-order valence-electron chi connectivity index (χ4n) is 8.80. The van der Waals surface area contributed by atoms with Crippen LogP contribution in [0.5, 0.6) is 0 Å². The van der Waals surface area contributed by atoms with Crippen molar-refractivity contribution in [2.24, 2.45) is 47.3 Å². The monoisotopic (exact) mass is 714 g/mol. The third kappa shape index (κ3) is 8.40. The molecule has 6 nitrogen and oxygen atoms in total. The van der Waals surface area contributed by atoms with Crippen LogP contribution >= 0.6 is 0 Å². The first-order valence-corrected chi connectivity index (χ1v) is 19.5. The molecule has 1 amide bonds. The lowest BCUT2D eigenvalue weighted by Crippen LogP contribution is -2.50. The van der Waals surface area contributed by atoms with E-state index in [1.165, 1.54) is 0 Å². The molecule has 275 valence electrons. The van der Waals surface area contributed by atoms with Crippen LogP contribution in [-0.4, -0.2) is 33.9 Å². The lowest BCUT2D eigenvalue weighted by molar-refractivity contribution is -0.136. The Balaban J connectivity index is 1.12. The Morgan fingerprint density at radius 2 is 1.24 bits per heavy atom. The van der Waals surface area contributed by atoms with Crippen LogP contribution in [0.2, 0.25) is 0 Å². The third-order valence-corrected chi connectivity index (χ3v) is 12.7. The standard InChI is InChI=1S/C48H52N5O/c1-31-15-16-36(44(33(31)3)24-22-42-20-18-40(30-52-42)46-14-10-8-12-38(46)28-50)26-48(54)53(6)47-25-32(2)34(4)43(35(47)5)23-21-41-19-17-39(29-51-41)45-13-9-7-11-37(45)27-49/h7-14,16-24,29-36,43-44,47H,15,25-26H2,1-6H3/b23-21+,24-22+/t31-,32-,33+,34+,35?,36+,43-,44-,47?/m0/s1. The van der Waals surface area contributed by atoms with E-state index in [9.17, 15) is 15.3 Å². The number of hydrogen-bond acceptors (Lipinski definition) is 5. The van der Waals surface area contributed by atoms with E-state index in [2.05, 4.69) is 82.4 Å². The lowest BCUT2D eigenvalue weighted by atomic mass is 9.65. The van der Waals surface area contributed by atoms with Crippen molar-refractivity contribution < 1.29 is 4.79 Å². The highest BCUT2D eigenvalue weighted by atomic mass is 16.2. The summed E-state index contributed by atoms with van der Waals surface area (Å²) in [6.07, 6.45) is 17.4. The number of aromatic nitrogens is 2. The number of hydrogen-bond donors (Lipinski definition) is 0. The fraction of sp³-hybridized carbons (Fsp3) is 0.375. The van der Waals surface area contributed by atoms with Gasteiger partial charge in [-0.25, -0.2) is 0 Å². The summed E-state index contributed by atoms with van der Waals surface area (Å²) in [7, 11) is 2.02. The number of pyridine rings is 2. The predicted molar refractivity (Wildman–Crippen MR) is 218 cm³/mol. The molecule has 2 heterocycles. The van der Waals surface area contributed by atoms with Crippen LogP contribution in [0.25, 0.3) is 34.4 Å². The van der Waals surface area contributed by atoms with Crippen LogP contribution < -0.4 is 0 Å². The molecule has 2 saturated carbocycles. The van der Waals surface area contributed by atoms with Crippen LogP contribution in [-0.2, 0) is 4.79 Å². The summed E-state index contributed by atoms with van der Waals surface area (Å²) < 4.78 is 0. The van der Waals surface area contributed by atoms with Gasteiger partial charge in [-0.15, -0.1) is 0 Å². The number of amides is 1. The van der Waals surface area contributed by atoms with Crippen molar-refractivity contribution >= 4 is 18.1 Å². The maximum Gasteiger partial charge on any atom is 0.222 e. The quantitative estimate of drug-likeness (QED) is 0.172. The highest BCUT2D eigenvalue weighted by Gasteiger charge is 2.41. The Kier molecular flexibility index (Phi) is 12.2. The zero-order valence-electron chi connectivity index (χ0n) is 32.4. The fourth-order valence-corrected chi connectivity index (χ4v) is 8.80. The average Bonchev–Trinajstić information content (AvgIpc) is 3.20. The van der Waals surface area contributed by atoms with Gasteiger partial charge in [-0.05, 0) is 103 Å². The number of allylic oxidation sites excluding steroid dienone is 2. The summed E-state index contributed by atoms with van der Waals surface area (Å²) in [5, 5.41) is 19.1. The maximum atomic E-state index is 14.2. The molecule has 4 aromatic rings. The van der Waals surface area contributed by atoms with Crippen molar-refractivity contribution in [3.63, 3.8) is 0 Å². The van der Waals surface area contributed by atoms with Gasteiger partial charge in [-0.1, -0.05) is 95.3 Å². The van der Waals surface area contributed by atoms with Crippen LogP contribution in [0.4, 0.5) is 0 Å². The molecule has 6 heteroatoms. The topological polar surface area (TPSA) is 93.7 Å². The van der Waals surface area contributed by atoms with E-state index in [4.69, 9.17) is 9.97 Å². The molecule has 6 rings (SSSR count). The second-order valence-corrected chi connectivity index (χ2v) is 15.8. The second kappa shape index (κ2) is 17.2. The molecule has 2 aliphatic carbocycles. The molecule has 0 N–H and O–H groups in total.